The van der Waals surface area contributed by atoms with Gasteiger partial charge in [-0.3, -0.25) is 0 Å². The first kappa shape index (κ1) is 11.9. The van der Waals surface area contributed by atoms with E-state index in [9.17, 15) is 4.39 Å². The smallest absolute Gasteiger partial charge is 0.123 e. The summed E-state index contributed by atoms with van der Waals surface area (Å²) in [6.45, 7) is 4.98. The number of halogens is 1. The van der Waals surface area contributed by atoms with E-state index in [1.165, 1.54) is 6.07 Å². The molecule has 15 heavy (non-hydrogen) atoms. The van der Waals surface area contributed by atoms with Crippen LogP contribution in [0.25, 0.3) is 5.57 Å². The van der Waals surface area contributed by atoms with Gasteiger partial charge in [-0.05, 0) is 62.7 Å². The topological polar surface area (TPSA) is 12.0 Å². The van der Waals surface area contributed by atoms with Gasteiger partial charge in [-0.1, -0.05) is 12.1 Å². The molecule has 1 rings (SSSR count). The maximum atomic E-state index is 13.1. The Kier molecular flexibility index (Phi) is 4.50. The van der Waals surface area contributed by atoms with Crippen molar-refractivity contribution in [3.63, 3.8) is 0 Å². The largest absolute Gasteiger partial charge is 0.319 e. The third-order valence-corrected chi connectivity index (χ3v) is 2.47. The van der Waals surface area contributed by atoms with Crippen molar-refractivity contribution in [2.24, 2.45) is 0 Å². The van der Waals surface area contributed by atoms with E-state index in [1.807, 2.05) is 27.0 Å². The highest BCUT2D eigenvalue weighted by atomic mass is 19.1. The standard InChI is InChI=1S/C13H18FN/c1-10(5-4-8-15-3)13-9-12(14)7-6-11(13)2/h5-7,9,15H,4,8H2,1-3H3. The molecule has 0 aliphatic carbocycles. The fourth-order valence-electron chi connectivity index (χ4n) is 1.56. The van der Waals surface area contributed by atoms with E-state index >= 15 is 0 Å². The van der Waals surface area contributed by atoms with Crippen LogP contribution in [0.5, 0.6) is 0 Å². The summed E-state index contributed by atoms with van der Waals surface area (Å²) in [5.74, 6) is -0.169. The molecule has 1 N–H and O–H groups in total. The summed E-state index contributed by atoms with van der Waals surface area (Å²) in [6.07, 6.45) is 3.11. The summed E-state index contributed by atoms with van der Waals surface area (Å²) in [5.41, 5.74) is 3.27. The first-order valence-corrected chi connectivity index (χ1v) is 5.23. The number of allylic oxidation sites excluding steroid dienone is 1. The second-order valence-corrected chi connectivity index (χ2v) is 3.74. The lowest BCUT2D eigenvalue weighted by atomic mass is 10.0. The Morgan fingerprint density at radius 1 is 1.47 bits per heavy atom. The van der Waals surface area contributed by atoms with E-state index in [2.05, 4.69) is 11.4 Å². The number of aryl methyl sites for hydroxylation is 1. The van der Waals surface area contributed by atoms with Crippen LogP contribution in [-0.2, 0) is 0 Å². The molecule has 0 bridgehead atoms. The Balaban J connectivity index is 2.85. The molecule has 1 nitrogen and oxygen atoms in total. The molecule has 0 amide bonds. The van der Waals surface area contributed by atoms with Crippen molar-refractivity contribution in [3.8, 4) is 0 Å². The van der Waals surface area contributed by atoms with Gasteiger partial charge in [0.05, 0.1) is 0 Å². The number of hydrogen-bond acceptors (Lipinski definition) is 1. The zero-order chi connectivity index (χ0) is 11.3. The summed E-state index contributed by atoms with van der Waals surface area (Å²) >= 11 is 0. The lowest BCUT2D eigenvalue weighted by molar-refractivity contribution is 0.627. The molecule has 0 aliphatic heterocycles. The van der Waals surface area contributed by atoms with E-state index in [1.54, 1.807) is 6.07 Å². The molecule has 0 atom stereocenters. The maximum Gasteiger partial charge on any atom is 0.123 e. The predicted octanol–water partition coefficient (Wildman–Crippen LogP) is 3.15. The van der Waals surface area contributed by atoms with Crippen molar-refractivity contribution in [1.29, 1.82) is 0 Å². The highest BCUT2D eigenvalue weighted by molar-refractivity contribution is 5.66. The van der Waals surface area contributed by atoms with Gasteiger partial charge in [0.1, 0.15) is 5.82 Å². The van der Waals surface area contributed by atoms with Crippen molar-refractivity contribution < 1.29 is 4.39 Å². The van der Waals surface area contributed by atoms with E-state index in [-0.39, 0.29) is 5.82 Å². The van der Waals surface area contributed by atoms with Crippen molar-refractivity contribution in [2.45, 2.75) is 20.3 Å². The van der Waals surface area contributed by atoms with Crippen molar-refractivity contribution in [3.05, 3.63) is 41.2 Å². The molecule has 1 aromatic rings. The monoisotopic (exact) mass is 207 g/mol. The van der Waals surface area contributed by atoms with Gasteiger partial charge in [0, 0.05) is 0 Å². The summed E-state index contributed by atoms with van der Waals surface area (Å²) in [7, 11) is 1.93. The lowest BCUT2D eigenvalue weighted by Gasteiger charge is -2.06. The molecule has 0 saturated carbocycles. The third-order valence-electron chi connectivity index (χ3n) is 2.47. The van der Waals surface area contributed by atoms with Gasteiger partial charge in [-0.2, -0.15) is 0 Å². The molecule has 0 spiro atoms. The molecule has 1 aromatic carbocycles. The van der Waals surface area contributed by atoms with Gasteiger partial charge < -0.3 is 5.32 Å². The Bertz CT molecular complexity index is 356. The van der Waals surface area contributed by atoms with Gasteiger partial charge >= 0.3 is 0 Å². The van der Waals surface area contributed by atoms with E-state index in [4.69, 9.17) is 0 Å². The fraction of sp³-hybridized carbons (Fsp3) is 0.385. The highest BCUT2D eigenvalue weighted by Crippen LogP contribution is 2.19. The van der Waals surface area contributed by atoms with Crippen LogP contribution >= 0.6 is 0 Å². The van der Waals surface area contributed by atoms with Crippen LogP contribution in [0.1, 0.15) is 24.5 Å². The summed E-state index contributed by atoms with van der Waals surface area (Å²) in [5, 5.41) is 3.08. The minimum absolute atomic E-state index is 0.169. The Hall–Kier alpha value is -1.15. The second-order valence-electron chi connectivity index (χ2n) is 3.74. The van der Waals surface area contributed by atoms with Gasteiger partial charge in [0.2, 0.25) is 0 Å². The SMILES string of the molecule is CNCCC=C(C)c1cc(F)ccc1C. The molecule has 0 saturated heterocycles. The highest BCUT2D eigenvalue weighted by Gasteiger charge is 2.01. The molecule has 0 radical (unpaired) electrons. The zero-order valence-electron chi connectivity index (χ0n) is 9.60. The van der Waals surface area contributed by atoms with Crippen LogP contribution in [0, 0.1) is 12.7 Å². The van der Waals surface area contributed by atoms with Crippen LogP contribution in [0.2, 0.25) is 0 Å². The first-order chi connectivity index (χ1) is 7.15. The quantitative estimate of drug-likeness (QED) is 0.748. The summed E-state index contributed by atoms with van der Waals surface area (Å²) in [4.78, 5) is 0. The molecule has 0 aromatic heterocycles. The van der Waals surface area contributed by atoms with Gasteiger partial charge in [0.25, 0.3) is 0 Å². The minimum Gasteiger partial charge on any atom is -0.319 e. The lowest BCUT2D eigenvalue weighted by Crippen LogP contribution is -2.06. The first-order valence-electron chi connectivity index (χ1n) is 5.23. The Morgan fingerprint density at radius 3 is 2.87 bits per heavy atom. The molecule has 0 heterocycles. The van der Waals surface area contributed by atoms with E-state index < -0.39 is 0 Å². The maximum absolute atomic E-state index is 13.1. The molecule has 0 aliphatic rings. The number of benzene rings is 1. The molecular formula is C13H18FN. The Labute approximate surface area is 91.0 Å². The molecule has 0 fully saturated rings. The molecule has 0 unspecified atom stereocenters. The van der Waals surface area contributed by atoms with Crippen molar-refractivity contribution in [1.82, 2.24) is 5.32 Å². The van der Waals surface area contributed by atoms with Gasteiger partial charge in [0.15, 0.2) is 0 Å². The van der Waals surface area contributed by atoms with E-state index in [0.29, 0.717) is 0 Å². The van der Waals surface area contributed by atoms with Gasteiger partial charge in [-0.25, -0.2) is 4.39 Å². The Morgan fingerprint density at radius 2 is 2.20 bits per heavy atom. The minimum atomic E-state index is -0.169. The van der Waals surface area contributed by atoms with Gasteiger partial charge in [-0.15, -0.1) is 0 Å². The van der Waals surface area contributed by atoms with Crippen molar-refractivity contribution >= 4 is 5.57 Å². The average molecular weight is 207 g/mol. The van der Waals surface area contributed by atoms with Crippen LogP contribution in [0.4, 0.5) is 4.39 Å². The van der Waals surface area contributed by atoms with Crippen LogP contribution < -0.4 is 5.32 Å². The van der Waals surface area contributed by atoms with E-state index in [0.717, 1.165) is 29.7 Å². The average Bonchev–Trinajstić information content (AvgIpc) is 2.22. The summed E-state index contributed by atoms with van der Waals surface area (Å²) < 4.78 is 13.1. The number of nitrogens with one attached hydrogen (secondary N) is 1. The normalized spacial score (nSPS) is 11.9. The summed E-state index contributed by atoms with van der Waals surface area (Å²) in [6, 6.07) is 4.92. The number of rotatable bonds is 4. The molecule has 2 heteroatoms. The van der Waals surface area contributed by atoms with Crippen LogP contribution in [0.3, 0.4) is 0 Å². The predicted molar refractivity (Wildman–Crippen MR) is 63.3 cm³/mol. The second kappa shape index (κ2) is 5.66. The zero-order valence-corrected chi connectivity index (χ0v) is 9.60. The third kappa shape index (κ3) is 3.48. The van der Waals surface area contributed by atoms with Crippen LogP contribution in [-0.4, -0.2) is 13.6 Å². The van der Waals surface area contributed by atoms with Crippen LogP contribution in [0.15, 0.2) is 24.3 Å². The molecular weight excluding hydrogens is 189 g/mol. The molecule has 82 valence electrons. The van der Waals surface area contributed by atoms with Crippen molar-refractivity contribution in [2.75, 3.05) is 13.6 Å². The fourth-order valence-corrected chi connectivity index (χ4v) is 1.56. The number of hydrogen-bond donors (Lipinski definition) is 1.